The van der Waals surface area contributed by atoms with Gasteiger partial charge in [0.15, 0.2) is 5.78 Å². The van der Waals surface area contributed by atoms with Gasteiger partial charge < -0.3 is 10.2 Å². The van der Waals surface area contributed by atoms with Crippen molar-refractivity contribution < 1.29 is 18.8 Å². The van der Waals surface area contributed by atoms with Gasteiger partial charge >= 0.3 is 0 Å². The Morgan fingerprint density at radius 2 is 1.82 bits per heavy atom. The van der Waals surface area contributed by atoms with E-state index < -0.39 is 11.8 Å². The van der Waals surface area contributed by atoms with E-state index in [4.69, 9.17) is 10.2 Å². The Hall–Kier alpha value is -2.16. The first-order valence-electron chi connectivity index (χ1n) is 6.33. The summed E-state index contributed by atoms with van der Waals surface area (Å²) in [6.07, 6.45) is 0. The fourth-order valence-electron chi connectivity index (χ4n) is 2.11. The molecule has 0 atom stereocenters. The standard InChI is InChI=1S/C15H13IN2O4/c1-7(19)11-8(2)22-15(12(11)13(17)20)18-14(21)9-5-3-4-6-10(9)16/h3-6H,1-2H3,(H2,17,20)(H,18,21). The smallest absolute Gasteiger partial charge is 0.259 e. The first-order chi connectivity index (χ1) is 10.3. The lowest BCUT2D eigenvalue weighted by Crippen LogP contribution is -2.19. The number of primary amides is 1. The van der Waals surface area contributed by atoms with Gasteiger partial charge in [0.2, 0.25) is 5.88 Å². The van der Waals surface area contributed by atoms with E-state index in [0.29, 0.717) is 5.56 Å². The van der Waals surface area contributed by atoms with Crippen LogP contribution in [0.5, 0.6) is 0 Å². The SMILES string of the molecule is CC(=O)c1c(C)oc(NC(=O)c2ccccc2I)c1C(N)=O. The van der Waals surface area contributed by atoms with Crippen LogP contribution in [0.25, 0.3) is 0 Å². The molecule has 0 unspecified atom stereocenters. The zero-order valence-corrected chi connectivity index (χ0v) is 14.1. The maximum atomic E-state index is 12.3. The molecular formula is C15H13IN2O4. The average molecular weight is 412 g/mol. The number of furan rings is 1. The second-order valence-corrected chi connectivity index (χ2v) is 5.75. The number of benzene rings is 1. The number of anilines is 1. The minimum atomic E-state index is -0.833. The Balaban J connectivity index is 2.44. The topological polar surface area (TPSA) is 102 Å². The molecule has 0 aliphatic carbocycles. The van der Waals surface area contributed by atoms with Crippen molar-refractivity contribution in [3.05, 3.63) is 50.3 Å². The van der Waals surface area contributed by atoms with Crippen LogP contribution in [-0.4, -0.2) is 17.6 Å². The van der Waals surface area contributed by atoms with Gasteiger partial charge in [0.05, 0.1) is 11.1 Å². The number of amides is 2. The highest BCUT2D eigenvalue weighted by molar-refractivity contribution is 14.1. The second kappa shape index (κ2) is 6.30. The van der Waals surface area contributed by atoms with Gasteiger partial charge in [0, 0.05) is 3.57 Å². The lowest BCUT2D eigenvalue weighted by Gasteiger charge is -2.05. The number of rotatable bonds is 4. The molecule has 114 valence electrons. The van der Waals surface area contributed by atoms with Crippen molar-refractivity contribution in [3.63, 3.8) is 0 Å². The predicted octanol–water partition coefficient (Wildman–Crippen LogP) is 2.75. The summed E-state index contributed by atoms with van der Waals surface area (Å²) in [6.45, 7) is 2.83. The van der Waals surface area contributed by atoms with Crippen LogP contribution in [0.4, 0.5) is 5.88 Å². The summed E-state index contributed by atoms with van der Waals surface area (Å²) in [5, 5.41) is 2.50. The van der Waals surface area contributed by atoms with Crippen molar-refractivity contribution >= 4 is 46.1 Å². The summed E-state index contributed by atoms with van der Waals surface area (Å²) < 4.78 is 6.09. The van der Waals surface area contributed by atoms with Crippen LogP contribution in [0.2, 0.25) is 0 Å². The third-order valence-electron chi connectivity index (χ3n) is 3.03. The van der Waals surface area contributed by atoms with Crippen LogP contribution in [0, 0.1) is 10.5 Å². The molecule has 0 fully saturated rings. The van der Waals surface area contributed by atoms with Gasteiger partial charge in [-0.2, -0.15) is 0 Å². The molecule has 6 nitrogen and oxygen atoms in total. The average Bonchev–Trinajstić information content (AvgIpc) is 2.75. The number of aryl methyl sites for hydroxylation is 1. The highest BCUT2D eigenvalue weighted by Gasteiger charge is 2.26. The third kappa shape index (κ3) is 3.03. The molecule has 0 spiro atoms. The van der Waals surface area contributed by atoms with Crippen LogP contribution in [-0.2, 0) is 0 Å². The first kappa shape index (κ1) is 16.2. The molecule has 0 radical (unpaired) electrons. The fraction of sp³-hybridized carbons (Fsp3) is 0.133. The Morgan fingerprint density at radius 1 is 1.18 bits per heavy atom. The molecule has 1 aromatic carbocycles. The van der Waals surface area contributed by atoms with Gasteiger partial charge in [0.1, 0.15) is 11.3 Å². The minimum absolute atomic E-state index is 0.0885. The molecule has 0 saturated carbocycles. The van der Waals surface area contributed by atoms with E-state index in [2.05, 4.69) is 5.32 Å². The van der Waals surface area contributed by atoms with Gasteiger partial charge in [-0.15, -0.1) is 0 Å². The second-order valence-electron chi connectivity index (χ2n) is 4.59. The highest BCUT2D eigenvalue weighted by Crippen LogP contribution is 2.28. The van der Waals surface area contributed by atoms with Crippen molar-refractivity contribution in [2.24, 2.45) is 5.73 Å². The molecule has 0 bridgehead atoms. The Kier molecular flexibility index (Phi) is 4.65. The van der Waals surface area contributed by atoms with E-state index in [1.165, 1.54) is 13.8 Å². The lowest BCUT2D eigenvalue weighted by molar-refractivity contribution is 0.0974. The zero-order valence-electron chi connectivity index (χ0n) is 11.9. The molecule has 3 N–H and O–H groups in total. The van der Waals surface area contributed by atoms with Crippen molar-refractivity contribution in [3.8, 4) is 0 Å². The van der Waals surface area contributed by atoms with E-state index >= 15 is 0 Å². The summed E-state index contributed by atoms with van der Waals surface area (Å²) in [5.74, 6) is -1.51. The Bertz CT molecular complexity index is 780. The third-order valence-corrected chi connectivity index (χ3v) is 3.97. The minimum Gasteiger partial charge on any atom is -0.444 e. The van der Waals surface area contributed by atoms with Crippen molar-refractivity contribution in [1.29, 1.82) is 0 Å². The van der Waals surface area contributed by atoms with E-state index in [-0.39, 0.29) is 28.6 Å². The van der Waals surface area contributed by atoms with Gasteiger partial charge in [-0.3, -0.25) is 19.7 Å². The van der Waals surface area contributed by atoms with Crippen molar-refractivity contribution in [1.82, 2.24) is 0 Å². The maximum Gasteiger partial charge on any atom is 0.259 e. The van der Waals surface area contributed by atoms with E-state index in [9.17, 15) is 14.4 Å². The molecule has 0 aliphatic heterocycles. The Morgan fingerprint density at radius 3 is 2.36 bits per heavy atom. The first-order valence-corrected chi connectivity index (χ1v) is 7.40. The fourth-order valence-corrected chi connectivity index (χ4v) is 2.74. The molecule has 1 heterocycles. The summed E-state index contributed by atoms with van der Waals surface area (Å²) in [7, 11) is 0. The molecule has 0 aliphatic rings. The highest BCUT2D eigenvalue weighted by atomic mass is 127. The number of ketones is 1. The summed E-state index contributed by atoms with van der Waals surface area (Å²) in [5.41, 5.74) is 5.72. The normalized spacial score (nSPS) is 10.3. The van der Waals surface area contributed by atoms with Gasteiger partial charge in [0.25, 0.3) is 11.8 Å². The van der Waals surface area contributed by atoms with E-state index in [1.807, 2.05) is 22.6 Å². The molecule has 1 aromatic heterocycles. The lowest BCUT2D eigenvalue weighted by atomic mass is 10.1. The monoisotopic (exact) mass is 412 g/mol. The quantitative estimate of drug-likeness (QED) is 0.596. The number of nitrogens with one attached hydrogen (secondary N) is 1. The predicted molar refractivity (Wildman–Crippen MR) is 89.1 cm³/mol. The number of carbonyl (C=O) groups is 3. The number of hydrogen-bond acceptors (Lipinski definition) is 4. The number of carbonyl (C=O) groups excluding carboxylic acids is 3. The number of halogens is 1. The van der Waals surface area contributed by atoms with E-state index in [1.54, 1.807) is 24.3 Å². The number of hydrogen-bond donors (Lipinski definition) is 2. The van der Waals surface area contributed by atoms with Crippen LogP contribution in [0.1, 0.15) is 43.8 Å². The summed E-state index contributed by atoms with van der Waals surface area (Å²) in [4.78, 5) is 35.5. The van der Waals surface area contributed by atoms with Crippen molar-refractivity contribution in [2.75, 3.05) is 5.32 Å². The molecule has 0 saturated heterocycles. The maximum absolute atomic E-state index is 12.3. The molecule has 7 heteroatoms. The largest absolute Gasteiger partial charge is 0.444 e. The van der Waals surface area contributed by atoms with Gasteiger partial charge in [-0.05, 0) is 48.6 Å². The van der Waals surface area contributed by atoms with Gasteiger partial charge in [-0.1, -0.05) is 12.1 Å². The Labute approximate surface area is 140 Å². The van der Waals surface area contributed by atoms with Crippen LogP contribution in [0.15, 0.2) is 28.7 Å². The van der Waals surface area contributed by atoms with Crippen LogP contribution in [0.3, 0.4) is 0 Å². The number of nitrogens with two attached hydrogens (primary N) is 1. The van der Waals surface area contributed by atoms with Crippen molar-refractivity contribution in [2.45, 2.75) is 13.8 Å². The molecule has 2 rings (SSSR count). The molecule has 22 heavy (non-hydrogen) atoms. The van der Waals surface area contributed by atoms with Gasteiger partial charge in [-0.25, -0.2) is 0 Å². The summed E-state index contributed by atoms with van der Waals surface area (Å²) >= 11 is 2.03. The molecule has 2 amide bonds. The van der Waals surface area contributed by atoms with Crippen LogP contribution < -0.4 is 11.1 Å². The summed E-state index contributed by atoms with van der Waals surface area (Å²) in [6, 6.07) is 6.94. The molecular weight excluding hydrogens is 399 g/mol. The van der Waals surface area contributed by atoms with Crippen LogP contribution >= 0.6 is 22.6 Å². The van der Waals surface area contributed by atoms with E-state index in [0.717, 1.165) is 3.57 Å². The number of Topliss-reactive ketones (excluding diaryl/α,β-unsaturated/α-hetero) is 1. The zero-order chi connectivity index (χ0) is 16.4. The molecule has 2 aromatic rings.